The minimum atomic E-state index is -3.47. The predicted octanol–water partition coefficient (Wildman–Crippen LogP) is 2.94. The first-order valence-electron chi connectivity index (χ1n) is 10.5. The minimum Gasteiger partial charge on any atom is -0.377 e. The summed E-state index contributed by atoms with van der Waals surface area (Å²) in [5.41, 5.74) is 2.35. The zero-order chi connectivity index (χ0) is 22.7. The molecule has 0 aliphatic carbocycles. The maximum Gasteiger partial charge on any atom is 0.172 e. The Morgan fingerprint density at radius 3 is 2.75 bits per heavy atom. The van der Waals surface area contributed by atoms with E-state index >= 15 is 0 Å². The Morgan fingerprint density at radius 1 is 1.19 bits per heavy atom. The average Bonchev–Trinajstić information content (AvgIpc) is 3.39. The summed E-state index contributed by atoms with van der Waals surface area (Å²) in [5, 5.41) is 6.20. The highest BCUT2D eigenvalue weighted by Gasteiger charge is 2.36. The van der Waals surface area contributed by atoms with Crippen LogP contribution in [-0.4, -0.2) is 65.2 Å². The molecule has 4 heterocycles. The quantitative estimate of drug-likeness (QED) is 0.505. The fourth-order valence-electron chi connectivity index (χ4n) is 4.11. The smallest absolute Gasteiger partial charge is 0.172 e. The molecule has 1 aliphatic heterocycles. The molecule has 4 aromatic rings. The molecule has 0 amide bonds. The van der Waals surface area contributed by atoms with Crippen molar-refractivity contribution in [3.05, 3.63) is 36.7 Å². The van der Waals surface area contributed by atoms with Gasteiger partial charge in [-0.15, -0.1) is 0 Å². The summed E-state index contributed by atoms with van der Waals surface area (Å²) in [6.07, 6.45) is 4.77. The van der Waals surface area contributed by atoms with E-state index in [1.54, 1.807) is 20.0 Å². The lowest BCUT2D eigenvalue weighted by molar-refractivity contribution is 0.0987. The van der Waals surface area contributed by atoms with Gasteiger partial charge >= 0.3 is 0 Å². The van der Waals surface area contributed by atoms with E-state index in [-0.39, 0.29) is 6.04 Å². The van der Waals surface area contributed by atoms with Crippen LogP contribution in [0.25, 0.3) is 33.3 Å². The number of sulfone groups is 1. The van der Waals surface area contributed by atoms with Crippen molar-refractivity contribution in [1.82, 2.24) is 24.7 Å². The van der Waals surface area contributed by atoms with Crippen molar-refractivity contribution in [2.24, 2.45) is 0 Å². The monoisotopic (exact) mass is 454 g/mol. The first-order chi connectivity index (χ1) is 15.2. The molecule has 10 heteroatoms. The van der Waals surface area contributed by atoms with Gasteiger partial charge in [-0.25, -0.2) is 23.1 Å². The van der Waals surface area contributed by atoms with E-state index in [1.807, 2.05) is 30.5 Å². The van der Waals surface area contributed by atoms with Crippen LogP contribution in [0.1, 0.15) is 20.8 Å². The second-order valence-corrected chi connectivity index (χ2v) is 11.3. The van der Waals surface area contributed by atoms with E-state index in [1.165, 1.54) is 10.9 Å². The van der Waals surface area contributed by atoms with E-state index in [9.17, 15) is 8.42 Å². The van der Waals surface area contributed by atoms with Gasteiger partial charge in [0.05, 0.1) is 30.8 Å². The van der Waals surface area contributed by atoms with Crippen LogP contribution in [-0.2, 0) is 19.4 Å². The first kappa shape index (κ1) is 20.9. The van der Waals surface area contributed by atoms with Gasteiger partial charge < -0.3 is 14.6 Å². The van der Waals surface area contributed by atoms with Gasteiger partial charge in [0.25, 0.3) is 0 Å². The molecule has 168 valence electrons. The normalized spacial score (nSPS) is 18.0. The molecule has 1 fully saturated rings. The van der Waals surface area contributed by atoms with Gasteiger partial charge in [-0.05, 0) is 32.9 Å². The number of nitrogens with zero attached hydrogens (tertiary/aromatic N) is 5. The van der Waals surface area contributed by atoms with Crippen LogP contribution < -0.4 is 4.90 Å². The van der Waals surface area contributed by atoms with Crippen molar-refractivity contribution in [2.75, 3.05) is 30.9 Å². The molecule has 1 saturated heterocycles. The third-order valence-electron chi connectivity index (χ3n) is 6.30. The Kier molecular flexibility index (Phi) is 4.75. The van der Waals surface area contributed by atoms with Gasteiger partial charge in [0.2, 0.25) is 0 Å². The molecule has 0 radical (unpaired) electrons. The molecule has 0 unspecified atom stereocenters. The van der Waals surface area contributed by atoms with Crippen LogP contribution in [0.4, 0.5) is 5.82 Å². The lowest BCUT2D eigenvalue weighted by Gasteiger charge is -2.34. The Balaban J connectivity index is 1.82. The van der Waals surface area contributed by atoms with Gasteiger partial charge in [0.15, 0.2) is 26.2 Å². The van der Waals surface area contributed by atoms with Crippen molar-refractivity contribution in [2.45, 2.75) is 31.7 Å². The highest BCUT2D eigenvalue weighted by molar-refractivity contribution is 7.91. The number of morpholine rings is 1. The van der Waals surface area contributed by atoms with Crippen molar-refractivity contribution in [1.29, 1.82) is 0 Å². The number of fused-ring (bicyclic) bond motifs is 2. The molecular weight excluding hydrogens is 428 g/mol. The maximum absolute atomic E-state index is 12.6. The second-order valence-electron chi connectivity index (χ2n) is 8.75. The zero-order valence-corrected chi connectivity index (χ0v) is 19.3. The van der Waals surface area contributed by atoms with Crippen LogP contribution in [0.15, 0.2) is 36.7 Å². The van der Waals surface area contributed by atoms with Gasteiger partial charge in [-0.3, -0.25) is 0 Å². The maximum atomic E-state index is 12.6. The van der Waals surface area contributed by atoms with Crippen molar-refractivity contribution >= 4 is 37.6 Å². The minimum absolute atomic E-state index is 0.115. The predicted molar refractivity (Wildman–Crippen MR) is 124 cm³/mol. The lowest BCUT2D eigenvalue weighted by atomic mass is 10.1. The number of anilines is 1. The van der Waals surface area contributed by atoms with Crippen molar-refractivity contribution < 1.29 is 13.2 Å². The summed E-state index contributed by atoms with van der Waals surface area (Å²) in [7, 11) is -3.47. The topological polar surface area (TPSA) is 106 Å². The Morgan fingerprint density at radius 2 is 2.00 bits per heavy atom. The molecule has 1 aliphatic rings. The number of benzene rings is 1. The van der Waals surface area contributed by atoms with E-state index in [2.05, 4.69) is 21.9 Å². The lowest BCUT2D eigenvalue weighted by Crippen LogP contribution is -2.44. The molecule has 1 aromatic carbocycles. The SMILES string of the molecule is C[C@@H]1COCCN1c1nc(-c2cccc3[nH]ccc23)nc2c1cnn2C(C)(C)S(C)(=O)=O. The van der Waals surface area contributed by atoms with E-state index < -0.39 is 14.7 Å². The Bertz CT molecular complexity index is 1420. The van der Waals surface area contributed by atoms with Gasteiger partial charge in [0.1, 0.15) is 5.82 Å². The van der Waals surface area contributed by atoms with Crippen molar-refractivity contribution in [3.8, 4) is 11.4 Å². The molecule has 1 N–H and O–H groups in total. The summed E-state index contributed by atoms with van der Waals surface area (Å²) in [6, 6.07) is 8.04. The Labute approximate surface area is 186 Å². The molecule has 0 bridgehead atoms. The number of H-pyrrole nitrogens is 1. The highest BCUT2D eigenvalue weighted by atomic mass is 32.2. The highest BCUT2D eigenvalue weighted by Crippen LogP contribution is 2.34. The number of nitrogens with one attached hydrogen (secondary N) is 1. The standard InChI is InChI=1S/C22H26N6O3S/c1-14-13-31-11-10-27(14)20-17-12-24-28(22(2,3)32(4,29)30)21(17)26-19(25-20)16-6-5-7-18-15(16)8-9-23-18/h5-9,12,14,23H,10-11,13H2,1-4H3/t14-/m1/s1. The molecule has 3 aromatic heterocycles. The fourth-order valence-corrected chi connectivity index (χ4v) is 4.55. The van der Waals surface area contributed by atoms with E-state index in [0.717, 1.165) is 27.7 Å². The summed E-state index contributed by atoms with van der Waals surface area (Å²) < 4.78 is 32.3. The molecule has 0 saturated carbocycles. The van der Waals surface area contributed by atoms with Crippen molar-refractivity contribution in [3.63, 3.8) is 0 Å². The number of aromatic nitrogens is 5. The molecule has 0 spiro atoms. The molecule has 5 rings (SSSR count). The zero-order valence-electron chi connectivity index (χ0n) is 18.5. The largest absolute Gasteiger partial charge is 0.377 e. The molecule has 32 heavy (non-hydrogen) atoms. The number of ether oxygens (including phenoxy) is 1. The second kappa shape index (κ2) is 7.28. The number of hydrogen-bond acceptors (Lipinski definition) is 7. The van der Waals surface area contributed by atoms with Crippen LogP contribution in [0.2, 0.25) is 0 Å². The van der Waals surface area contributed by atoms with Gasteiger partial charge in [-0.1, -0.05) is 12.1 Å². The summed E-state index contributed by atoms with van der Waals surface area (Å²) in [5.74, 6) is 1.27. The number of hydrogen-bond donors (Lipinski definition) is 1. The van der Waals surface area contributed by atoms with Gasteiger partial charge in [0, 0.05) is 35.5 Å². The molecular formula is C22H26N6O3S. The summed E-state index contributed by atoms with van der Waals surface area (Å²) in [6.45, 7) is 7.24. The third kappa shape index (κ3) is 3.17. The first-order valence-corrected chi connectivity index (χ1v) is 12.4. The summed E-state index contributed by atoms with van der Waals surface area (Å²) in [4.78, 5) is 14.0. The summed E-state index contributed by atoms with van der Waals surface area (Å²) >= 11 is 0. The third-order valence-corrected chi connectivity index (χ3v) is 8.29. The van der Waals surface area contributed by atoms with Gasteiger partial charge in [-0.2, -0.15) is 5.10 Å². The van der Waals surface area contributed by atoms with E-state index in [0.29, 0.717) is 31.2 Å². The number of aromatic amines is 1. The molecule has 1 atom stereocenters. The average molecular weight is 455 g/mol. The van der Waals surface area contributed by atoms with Crippen LogP contribution >= 0.6 is 0 Å². The number of rotatable bonds is 4. The van der Waals surface area contributed by atoms with Crippen LogP contribution in [0, 0.1) is 0 Å². The fraction of sp³-hybridized carbons (Fsp3) is 0.409. The Hall–Kier alpha value is -2.98. The van der Waals surface area contributed by atoms with Crippen LogP contribution in [0.5, 0.6) is 0 Å². The van der Waals surface area contributed by atoms with Crippen LogP contribution in [0.3, 0.4) is 0 Å². The molecule has 9 nitrogen and oxygen atoms in total. The van der Waals surface area contributed by atoms with E-state index in [4.69, 9.17) is 14.7 Å².